The van der Waals surface area contributed by atoms with Gasteiger partial charge in [0.1, 0.15) is 23.4 Å². The predicted octanol–water partition coefficient (Wildman–Crippen LogP) is 4.21. The number of nitrogens with one attached hydrogen (secondary N) is 2. The van der Waals surface area contributed by atoms with E-state index in [1.54, 1.807) is 45.0 Å². The van der Waals surface area contributed by atoms with E-state index in [-0.39, 0.29) is 17.2 Å². The zero-order valence-electron chi connectivity index (χ0n) is 18.7. The monoisotopic (exact) mass is 466 g/mol. The van der Waals surface area contributed by atoms with Gasteiger partial charge in [0, 0.05) is 22.8 Å². The highest BCUT2D eigenvalue weighted by Crippen LogP contribution is 2.30. The first-order valence-corrected chi connectivity index (χ1v) is 10.4. The number of hydrazone groups is 1. The molecule has 0 aliphatic carbocycles. The third-order valence-electron chi connectivity index (χ3n) is 5.10. The lowest BCUT2D eigenvalue weighted by atomic mass is 10.0. The molecule has 176 valence electrons. The summed E-state index contributed by atoms with van der Waals surface area (Å²) < 4.78 is 18.8. The van der Waals surface area contributed by atoms with Crippen LogP contribution in [0.25, 0.3) is 11.3 Å². The summed E-state index contributed by atoms with van der Waals surface area (Å²) in [6.45, 7) is 5.16. The van der Waals surface area contributed by atoms with Gasteiger partial charge in [-0.15, -0.1) is 0 Å². The largest absolute Gasteiger partial charge is 0.455 e. The SMILES string of the molecule is Cc1c(-c2ccc(/C=N\NC(=O)[C@H](NC(=O)c3ccc(F)cc3)C(C)C)o2)cccc1[N+](=O)[O-]. The fraction of sp³-hybridized carbons (Fsp3) is 0.208. The first kappa shape index (κ1) is 24.3. The fourth-order valence-electron chi connectivity index (χ4n) is 3.25. The lowest BCUT2D eigenvalue weighted by Gasteiger charge is -2.20. The summed E-state index contributed by atoms with van der Waals surface area (Å²) in [5.41, 5.74) is 3.62. The van der Waals surface area contributed by atoms with Crippen LogP contribution in [0.3, 0.4) is 0 Å². The van der Waals surface area contributed by atoms with Crippen molar-refractivity contribution in [2.75, 3.05) is 0 Å². The van der Waals surface area contributed by atoms with Gasteiger partial charge in [-0.05, 0) is 49.2 Å². The summed E-state index contributed by atoms with van der Waals surface area (Å²) in [4.78, 5) is 35.7. The van der Waals surface area contributed by atoms with E-state index < -0.39 is 28.6 Å². The molecule has 0 saturated heterocycles. The Morgan fingerprint density at radius 1 is 1.12 bits per heavy atom. The highest BCUT2D eigenvalue weighted by molar-refractivity contribution is 5.97. The Labute approximate surface area is 194 Å². The highest BCUT2D eigenvalue weighted by atomic mass is 19.1. The zero-order chi connectivity index (χ0) is 24.8. The second kappa shape index (κ2) is 10.5. The molecule has 0 fully saturated rings. The molecule has 34 heavy (non-hydrogen) atoms. The molecule has 1 aromatic heterocycles. The minimum Gasteiger partial charge on any atom is -0.455 e. The van der Waals surface area contributed by atoms with Gasteiger partial charge in [-0.3, -0.25) is 19.7 Å². The van der Waals surface area contributed by atoms with E-state index >= 15 is 0 Å². The van der Waals surface area contributed by atoms with Crippen molar-refractivity contribution in [3.63, 3.8) is 0 Å². The standard InChI is InChI=1S/C24H23FN4O5/c1-14(2)22(27-23(30)16-7-9-17(25)10-8-16)24(31)28-26-13-18-11-12-21(34-18)19-5-4-6-20(15(19)3)29(32)33/h4-14,22H,1-3H3,(H,27,30)(H,28,31)/b26-13-/t22-/m1/s1. The van der Waals surface area contributed by atoms with Gasteiger partial charge in [0.15, 0.2) is 0 Å². The molecule has 0 bridgehead atoms. The molecule has 0 saturated carbocycles. The number of furan rings is 1. The first-order chi connectivity index (χ1) is 16.2. The van der Waals surface area contributed by atoms with E-state index in [0.717, 1.165) is 12.1 Å². The minimum absolute atomic E-state index is 0.0150. The Kier molecular flexibility index (Phi) is 7.52. The molecule has 9 nitrogen and oxygen atoms in total. The number of rotatable bonds is 8. The minimum atomic E-state index is -0.880. The molecular weight excluding hydrogens is 443 g/mol. The van der Waals surface area contributed by atoms with Gasteiger partial charge in [-0.1, -0.05) is 26.0 Å². The number of carbonyl (C=O) groups is 2. The van der Waals surface area contributed by atoms with E-state index in [1.807, 2.05) is 0 Å². The molecule has 2 amide bonds. The Morgan fingerprint density at radius 2 is 1.82 bits per heavy atom. The van der Waals surface area contributed by atoms with Crippen LogP contribution < -0.4 is 10.7 Å². The number of benzene rings is 2. The molecule has 3 aromatic rings. The number of carbonyl (C=O) groups excluding carboxylic acids is 2. The number of nitrogens with zero attached hydrogens (tertiary/aromatic N) is 2. The van der Waals surface area contributed by atoms with Crippen LogP contribution in [0.15, 0.2) is 64.1 Å². The van der Waals surface area contributed by atoms with Crippen LogP contribution in [0.4, 0.5) is 10.1 Å². The Balaban J connectivity index is 1.66. The van der Waals surface area contributed by atoms with Crippen molar-refractivity contribution in [1.29, 1.82) is 0 Å². The zero-order valence-corrected chi connectivity index (χ0v) is 18.7. The van der Waals surface area contributed by atoms with Crippen molar-refractivity contribution in [3.05, 3.63) is 87.4 Å². The average Bonchev–Trinajstić information content (AvgIpc) is 3.26. The van der Waals surface area contributed by atoms with Gasteiger partial charge in [0.05, 0.1) is 11.1 Å². The summed E-state index contributed by atoms with van der Waals surface area (Å²) in [5.74, 6) is -1.03. The Hall–Kier alpha value is -4.34. The van der Waals surface area contributed by atoms with Gasteiger partial charge in [-0.25, -0.2) is 9.82 Å². The molecule has 1 atom stereocenters. The van der Waals surface area contributed by atoms with Gasteiger partial charge in [0.2, 0.25) is 0 Å². The van der Waals surface area contributed by atoms with Crippen LogP contribution >= 0.6 is 0 Å². The van der Waals surface area contributed by atoms with Crippen molar-refractivity contribution in [1.82, 2.24) is 10.7 Å². The Bertz CT molecular complexity index is 1230. The molecule has 10 heteroatoms. The first-order valence-electron chi connectivity index (χ1n) is 10.4. The molecule has 1 heterocycles. The number of halogens is 1. The quantitative estimate of drug-likeness (QED) is 0.292. The molecule has 0 radical (unpaired) electrons. The molecule has 0 spiro atoms. The predicted molar refractivity (Wildman–Crippen MR) is 124 cm³/mol. The molecule has 2 N–H and O–H groups in total. The maximum atomic E-state index is 13.1. The lowest BCUT2D eigenvalue weighted by Crippen LogP contribution is -2.48. The number of nitro groups is 1. The molecule has 3 rings (SSSR count). The summed E-state index contributed by atoms with van der Waals surface area (Å²) >= 11 is 0. The molecule has 0 unspecified atom stereocenters. The molecule has 0 aliphatic rings. The molecule has 2 aromatic carbocycles. The van der Waals surface area contributed by atoms with Gasteiger partial charge < -0.3 is 9.73 Å². The van der Waals surface area contributed by atoms with E-state index in [4.69, 9.17) is 4.42 Å². The van der Waals surface area contributed by atoms with Crippen LogP contribution in [0.2, 0.25) is 0 Å². The van der Waals surface area contributed by atoms with Crippen molar-refractivity contribution in [3.8, 4) is 11.3 Å². The number of hydrogen-bond acceptors (Lipinski definition) is 6. The highest BCUT2D eigenvalue weighted by Gasteiger charge is 2.24. The van der Waals surface area contributed by atoms with Crippen LogP contribution in [-0.2, 0) is 4.79 Å². The average molecular weight is 466 g/mol. The van der Waals surface area contributed by atoms with E-state index in [1.165, 1.54) is 24.4 Å². The van der Waals surface area contributed by atoms with Crippen LogP contribution in [0, 0.1) is 28.8 Å². The number of amides is 2. The van der Waals surface area contributed by atoms with Gasteiger partial charge in [0.25, 0.3) is 17.5 Å². The van der Waals surface area contributed by atoms with Gasteiger partial charge >= 0.3 is 0 Å². The summed E-state index contributed by atoms with van der Waals surface area (Å²) in [6.07, 6.45) is 1.28. The lowest BCUT2D eigenvalue weighted by molar-refractivity contribution is -0.385. The summed E-state index contributed by atoms with van der Waals surface area (Å²) in [7, 11) is 0. The number of nitro benzene ring substituents is 1. The maximum absolute atomic E-state index is 13.1. The van der Waals surface area contributed by atoms with Crippen LogP contribution in [0.1, 0.15) is 35.5 Å². The molecule has 0 aliphatic heterocycles. The summed E-state index contributed by atoms with van der Waals surface area (Å²) in [6, 6.07) is 12.1. The van der Waals surface area contributed by atoms with E-state index in [9.17, 15) is 24.1 Å². The van der Waals surface area contributed by atoms with Crippen LogP contribution in [0.5, 0.6) is 0 Å². The maximum Gasteiger partial charge on any atom is 0.273 e. The summed E-state index contributed by atoms with van der Waals surface area (Å²) in [5, 5.41) is 17.7. The van der Waals surface area contributed by atoms with Crippen molar-refractivity contribution in [2.24, 2.45) is 11.0 Å². The fourth-order valence-corrected chi connectivity index (χ4v) is 3.25. The second-order valence-corrected chi connectivity index (χ2v) is 7.85. The van der Waals surface area contributed by atoms with E-state index in [0.29, 0.717) is 22.6 Å². The second-order valence-electron chi connectivity index (χ2n) is 7.85. The van der Waals surface area contributed by atoms with Crippen LogP contribution in [-0.4, -0.2) is 29.0 Å². The topological polar surface area (TPSA) is 127 Å². The van der Waals surface area contributed by atoms with Crippen molar-refractivity contribution in [2.45, 2.75) is 26.8 Å². The smallest absolute Gasteiger partial charge is 0.273 e. The third kappa shape index (κ3) is 5.71. The van der Waals surface area contributed by atoms with Crippen molar-refractivity contribution >= 4 is 23.7 Å². The normalized spacial score (nSPS) is 12.0. The Morgan fingerprint density at radius 3 is 2.47 bits per heavy atom. The number of hydrogen-bond donors (Lipinski definition) is 2. The van der Waals surface area contributed by atoms with Gasteiger partial charge in [-0.2, -0.15) is 5.10 Å². The molecular formula is C24H23FN4O5. The third-order valence-corrected chi connectivity index (χ3v) is 5.10. The van der Waals surface area contributed by atoms with E-state index in [2.05, 4.69) is 15.8 Å². The van der Waals surface area contributed by atoms with Crippen molar-refractivity contribution < 1.29 is 23.3 Å².